The number of anilines is 1. The number of sulfonamides is 1. The van der Waals surface area contributed by atoms with Crippen LogP contribution in [-0.4, -0.2) is 59.4 Å². The summed E-state index contributed by atoms with van der Waals surface area (Å²) in [5.74, 6) is -3.25. The fourth-order valence-electron chi connectivity index (χ4n) is 4.45. The molecule has 0 aliphatic carbocycles. The molecule has 8 nitrogen and oxygen atoms in total. The minimum absolute atomic E-state index is 0.0548. The van der Waals surface area contributed by atoms with E-state index >= 15 is 8.78 Å². The molecule has 0 aromatic heterocycles. The molecule has 2 heterocycles. The maximum atomic E-state index is 15.8. The molecule has 2 aromatic carbocycles. The van der Waals surface area contributed by atoms with Crippen molar-refractivity contribution in [2.45, 2.75) is 76.0 Å². The third-order valence-electron chi connectivity index (χ3n) is 6.76. The summed E-state index contributed by atoms with van der Waals surface area (Å²) in [7, 11) is -5.11. The number of halogens is 4. The van der Waals surface area contributed by atoms with E-state index in [2.05, 4.69) is 10.3 Å². The zero-order valence-electron chi connectivity index (χ0n) is 23.3. The number of hydrogen-bond acceptors (Lipinski definition) is 8. The second-order valence-corrected chi connectivity index (χ2v) is 14.3. The highest BCUT2D eigenvalue weighted by Crippen LogP contribution is 2.36. The lowest BCUT2D eigenvalue weighted by Gasteiger charge is -2.32. The zero-order valence-corrected chi connectivity index (χ0v) is 25.7. The van der Waals surface area contributed by atoms with Gasteiger partial charge >= 0.3 is 6.09 Å². The smallest absolute Gasteiger partial charge is 0.426 e. The monoisotopic (exact) mass is 632 g/mol. The summed E-state index contributed by atoms with van der Waals surface area (Å²) in [5.41, 5.74) is 0.818. The number of amides is 1. The molecule has 2 aromatic rings. The first-order chi connectivity index (χ1) is 19.1. The standard InChI is InChI=1S/C27H32ClF3N4O4S2/c1-15-22(32-12-17-18(13-34-9-6-10-34)20(29)8-7-19(17)28)11-21(30)24(23(15)31)41(37,38)35(25-16(2)40-14-33-25)26(36)39-27(3,4)5/h7-8,11,14,16,25,32H,6,9-10,12-13H2,1-5H3. The highest BCUT2D eigenvalue weighted by Gasteiger charge is 2.45. The van der Waals surface area contributed by atoms with E-state index in [9.17, 15) is 17.6 Å². The lowest BCUT2D eigenvalue weighted by molar-refractivity contribution is 0.0344. The molecular formula is C27H32ClF3N4O4S2. The normalized spacial score (nSPS) is 19.2. The Kier molecular flexibility index (Phi) is 9.22. The molecule has 1 N–H and O–H groups in total. The van der Waals surface area contributed by atoms with E-state index in [1.54, 1.807) is 6.92 Å². The van der Waals surface area contributed by atoms with E-state index in [4.69, 9.17) is 16.3 Å². The molecule has 1 amide bonds. The van der Waals surface area contributed by atoms with Gasteiger partial charge in [0.25, 0.3) is 10.0 Å². The lowest BCUT2D eigenvalue weighted by atomic mass is 10.0. The first kappa shape index (κ1) is 31.5. The number of nitrogens with one attached hydrogen (secondary N) is 1. The van der Waals surface area contributed by atoms with Gasteiger partial charge in [0.2, 0.25) is 0 Å². The predicted octanol–water partition coefficient (Wildman–Crippen LogP) is 6.30. The Bertz CT molecular complexity index is 1480. The summed E-state index contributed by atoms with van der Waals surface area (Å²) >= 11 is 7.54. The van der Waals surface area contributed by atoms with Crippen LogP contribution in [0.1, 0.15) is 50.8 Å². The van der Waals surface area contributed by atoms with Crippen LogP contribution in [0.5, 0.6) is 0 Å². The van der Waals surface area contributed by atoms with Crippen molar-refractivity contribution >= 4 is 50.7 Å². The van der Waals surface area contributed by atoms with Crippen molar-refractivity contribution in [3.8, 4) is 0 Å². The number of carbonyl (C=O) groups is 1. The van der Waals surface area contributed by atoms with E-state index in [1.165, 1.54) is 57.1 Å². The van der Waals surface area contributed by atoms with Crippen LogP contribution in [0.4, 0.5) is 23.7 Å². The number of ether oxygens (including phenoxy) is 1. The fourth-order valence-corrected chi connectivity index (χ4v) is 7.13. The Morgan fingerprint density at radius 3 is 2.46 bits per heavy atom. The topological polar surface area (TPSA) is 91.3 Å². The predicted molar refractivity (Wildman–Crippen MR) is 154 cm³/mol. The van der Waals surface area contributed by atoms with Gasteiger partial charge in [-0.3, -0.25) is 9.89 Å². The first-order valence-corrected chi connectivity index (χ1v) is 15.7. The van der Waals surface area contributed by atoms with Crippen LogP contribution in [0.15, 0.2) is 28.1 Å². The van der Waals surface area contributed by atoms with Gasteiger partial charge in [-0.15, -0.1) is 11.8 Å². The third-order valence-corrected chi connectivity index (χ3v) is 9.81. The molecule has 4 rings (SSSR count). The molecule has 1 fully saturated rings. The van der Waals surface area contributed by atoms with Crippen LogP contribution >= 0.6 is 23.4 Å². The third kappa shape index (κ3) is 6.63. The maximum Gasteiger partial charge on any atom is 0.426 e. The van der Waals surface area contributed by atoms with Crippen molar-refractivity contribution < 1.29 is 31.1 Å². The van der Waals surface area contributed by atoms with Crippen LogP contribution in [0.3, 0.4) is 0 Å². The maximum absolute atomic E-state index is 15.8. The van der Waals surface area contributed by atoms with Gasteiger partial charge in [-0.2, -0.15) is 4.31 Å². The molecule has 2 unspecified atom stereocenters. The van der Waals surface area contributed by atoms with Crippen molar-refractivity contribution in [3.63, 3.8) is 0 Å². The molecule has 2 aliphatic heterocycles. The molecule has 2 atom stereocenters. The Hall–Kier alpha value is -2.48. The van der Waals surface area contributed by atoms with Crippen molar-refractivity contribution in [2.24, 2.45) is 4.99 Å². The number of nitrogens with zero attached hydrogens (tertiary/aromatic N) is 3. The van der Waals surface area contributed by atoms with E-state index in [1.807, 2.05) is 4.90 Å². The van der Waals surface area contributed by atoms with Crippen molar-refractivity contribution in [1.82, 2.24) is 9.21 Å². The second-order valence-electron chi connectivity index (χ2n) is 10.9. The molecular weight excluding hydrogens is 601 g/mol. The Balaban J connectivity index is 1.69. The average molecular weight is 633 g/mol. The van der Waals surface area contributed by atoms with Crippen LogP contribution in [0, 0.1) is 24.4 Å². The molecule has 0 radical (unpaired) electrons. The van der Waals surface area contributed by atoms with Crippen molar-refractivity contribution in [1.29, 1.82) is 0 Å². The van der Waals surface area contributed by atoms with Gasteiger partial charge in [-0.1, -0.05) is 11.6 Å². The summed E-state index contributed by atoms with van der Waals surface area (Å²) in [4.78, 5) is 17.9. The van der Waals surface area contributed by atoms with E-state index in [0.29, 0.717) is 22.0 Å². The van der Waals surface area contributed by atoms with Gasteiger partial charge in [0.15, 0.2) is 16.9 Å². The number of thioether (sulfide) groups is 1. The molecule has 0 bridgehead atoms. The van der Waals surface area contributed by atoms with Gasteiger partial charge in [0, 0.05) is 40.2 Å². The van der Waals surface area contributed by atoms with Crippen molar-refractivity contribution in [2.75, 3.05) is 18.4 Å². The molecule has 0 spiro atoms. The Morgan fingerprint density at radius 1 is 1.22 bits per heavy atom. The quantitative estimate of drug-likeness (QED) is 0.365. The SMILES string of the molecule is Cc1c(NCc2c(Cl)ccc(F)c2CN2CCC2)cc(F)c(S(=O)(=O)N(C(=O)OC(C)(C)C)C2N=CSC2C)c1F. The Morgan fingerprint density at radius 2 is 1.90 bits per heavy atom. The first-order valence-electron chi connectivity index (χ1n) is 13.0. The molecule has 14 heteroatoms. The van der Waals surface area contributed by atoms with E-state index in [-0.39, 0.29) is 22.8 Å². The molecule has 1 saturated heterocycles. The van der Waals surface area contributed by atoms with Crippen LogP contribution in [0.2, 0.25) is 5.02 Å². The minimum Gasteiger partial charge on any atom is -0.443 e. The Labute approximate surface area is 247 Å². The number of carbonyl (C=O) groups excluding carboxylic acids is 1. The van der Waals surface area contributed by atoms with Crippen LogP contribution < -0.4 is 5.32 Å². The van der Waals surface area contributed by atoms with E-state index in [0.717, 1.165) is 25.6 Å². The van der Waals surface area contributed by atoms with Gasteiger partial charge < -0.3 is 10.1 Å². The summed E-state index contributed by atoms with van der Waals surface area (Å²) in [6.07, 6.45) is -1.56. The molecule has 2 aliphatic rings. The van der Waals surface area contributed by atoms with Crippen molar-refractivity contribution in [3.05, 3.63) is 57.4 Å². The molecule has 224 valence electrons. The highest BCUT2D eigenvalue weighted by molar-refractivity contribution is 8.12. The van der Waals surface area contributed by atoms with Crippen LogP contribution in [0.25, 0.3) is 0 Å². The largest absolute Gasteiger partial charge is 0.443 e. The number of rotatable bonds is 8. The van der Waals surface area contributed by atoms with Gasteiger partial charge in [0.1, 0.15) is 17.2 Å². The van der Waals surface area contributed by atoms with Crippen LogP contribution in [-0.2, 0) is 27.8 Å². The summed E-state index contributed by atoms with van der Waals surface area (Å²) in [6, 6.07) is 3.51. The zero-order chi connectivity index (χ0) is 30.3. The number of aliphatic imine (C=N–C) groups is 1. The molecule has 41 heavy (non-hydrogen) atoms. The highest BCUT2D eigenvalue weighted by atomic mass is 35.5. The molecule has 0 saturated carbocycles. The number of likely N-dealkylation sites (tertiary alicyclic amines) is 1. The average Bonchev–Trinajstić information content (AvgIpc) is 3.24. The minimum atomic E-state index is -5.11. The van der Waals surface area contributed by atoms with Gasteiger partial charge in [-0.05, 0) is 77.9 Å². The fraction of sp³-hybridized carbons (Fsp3) is 0.481. The number of benzene rings is 2. The lowest BCUT2D eigenvalue weighted by Crippen LogP contribution is -2.49. The van der Waals surface area contributed by atoms with Gasteiger partial charge in [-0.25, -0.2) is 26.4 Å². The van der Waals surface area contributed by atoms with Gasteiger partial charge in [0.05, 0.1) is 5.55 Å². The second kappa shape index (κ2) is 12.0. The summed E-state index contributed by atoms with van der Waals surface area (Å²) in [6.45, 7) is 9.45. The summed E-state index contributed by atoms with van der Waals surface area (Å²) in [5, 5.41) is 2.64. The number of hydrogen-bond donors (Lipinski definition) is 1. The van der Waals surface area contributed by atoms with E-state index < -0.39 is 55.5 Å². The summed E-state index contributed by atoms with van der Waals surface area (Å²) < 4.78 is 79.0.